The Bertz CT molecular complexity index is 568. The highest BCUT2D eigenvalue weighted by molar-refractivity contribution is 5.70. The number of nitrogens with zero attached hydrogens (tertiary/aromatic N) is 3. The van der Waals surface area contributed by atoms with E-state index in [0.717, 1.165) is 17.1 Å². The minimum atomic E-state index is 0.154. The number of rotatable bonds is 2. The molecule has 19 heavy (non-hydrogen) atoms. The molecule has 0 fully saturated rings. The molecule has 0 aliphatic carbocycles. The lowest BCUT2D eigenvalue weighted by atomic mass is 9.86. The number of hydrogen-bond acceptors (Lipinski definition) is 4. The summed E-state index contributed by atoms with van der Waals surface area (Å²) >= 11 is 0. The standard InChI is InChI=1S/C15H20N4/c1-10-17-14(16-5)13(19-18-10)11-6-8-12(9-7-11)15(2,3)4/h6-9H,1-5H3,(H,16,17,18). The molecule has 0 radical (unpaired) electrons. The molecule has 0 aliphatic rings. The first-order chi connectivity index (χ1) is 8.91. The molecule has 0 atom stereocenters. The van der Waals surface area contributed by atoms with Crippen LogP contribution < -0.4 is 5.32 Å². The Hall–Kier alpha value is -1.97. The molecule has 1 aromatic heterocycles. The number of nitrogens with one attached hydrogen (secondary N) is 1. The normalized spacial score (nSPS) is 11.4. The lowest BCUT2D eigenvalue weighted by molar-refractivity contribution is 0.590. The topological polar surface area (TPSA) is 50.7 Å². The van der Waals surface area contributed by atoms with E-state index in [1.54, 1.807) is 0 Å². The smallest absolute Gasteiger partial charge is 0.156 e. The third kappa shape index (κ3) is 2.89. The van der Waals surface area contributed by atoms with E-state index < -0.39 is 0 Å². The summed E-state index contributed by atoms with van der Waals surface area (Å²) in [6.07, 6.45) is 0. The molecule has 100 valence electrons. The quantitative estimate of drug-likeness (QED) is 0.896. The molecule has 0 unspecified atom stereocenters. The van der Waals surface area contributed by atoms with Gasteiger partial charge in [0.1, 0.15) is 11.5 Å². The summed E-state index contributed by atoms with van der Waals surface area (Å²) in [6.45, 7) is 8.44. The van der Waals surface area contributed by atoms with E-state index in [2.05, 4.69) is 65.5 Å². The number of benzene rings is 1. The van der Waals surface area contributed by atoms with Crippen LogP contribution in [0.1, 0.15) is 32.2 Å². The number of aromatic nitrogens is 3. The van der Waals surface area contributed by atoms with Gasteiger partial charge in [-0.05, 0) is 17.9 Å². The lowest BCUT2D eigenvalue weighted by Gasteiger charge is -2.19. The van der Waals surface area contributed by atoms with Crippen LogP contribution in [0.2, 0.25) is 0 Å². The lowest BCUT2D eigenvalue weighted by Crippen LogP contribution is -2.10. The maximum Gasteiger partial charge on any atom is 0.156 e. The van der Waals surface area contributed by atoms with Crippen LogP contribution in [0.5, 0.6) is 0 Å². The molecule has 1 aromatic carbocycles. The first-order valence-electron chi connectivity index (χ1n) is 6.42. The zero-order chi connectivity index (χ0) is 14.0. The van der Waals surface area contributed by atoms with Crippen LogP contribution >= 0.6 is 0 Å². The van der Waals surface area contributed by atoms with Crippen molar-refractivity contribution in [2.75, 3.05) is 12.4 Å². The van der Waals surface area contributed by atoms with Crippen molar-refractivity contribution in [2.45, 2.75) is 33.1 Å². The molecule has 4 nitrogen and oxygen atoms in total. The summed E-state index contributed by atoms with van der Waals surface area (Å²) < 4.78 is 0. The second kappa shape index (κ2) is 4.96. The van der Waals surface area contributed by atoms with Gasteiger partial charge in [0.15, 0.2) is 5.82 Å². The van der Waals surface area contributed by atoms with Gasteiger partial charge in [-0.3, -0.25) is 0 Å². The predicted molar refractivity (Wildman–Crippen MR) is 78.2 cm³/mol. The molecule has 0 amide bonds. The van der Waals surface area contributed by atoms with Crippen LogP contribution in [-0.2, 0) is 5.41 Å². The second-order valence-electron chi connectivity index (χ2n) is 5.63. The van der Waals surface area contributed by atoms with Crippen molar-refractivity contribution in [1.29, 1.82) is 0 Å². The van der Waals surface area contributed by atoms with Crippen LogP contribution in [0, 0.1) is 6.92 Å². The average molecular weight is 256 g/mol. The van der Waals surface area contributed by atoms with Gasteiger partial charge in [0, 0.05) is 12.6 Å². The molecule has 0 saturated carbocycles. The van der Waals surface area contributed by atoms with E-state index in [0.29, 0.717) is 5.82 Å². The number of hydrogen-bond donors (Lipinski definition) is 1. The van der Waals surface area contributed by atoms with Crippen molar-refractivity contribution in [3.63, 3.8) is 0 Å². The summed E-state index contributed by atoms with van der Waals surface area (Å²) in [5.41, 5.74) is 3.27. The van der Waals surface area contributed by atoms with E-state index in [4.69, 9.17) is 0 Å². The second-order valence-corrected chi connectivity index (χ2v) is 5.63. The van der Waals surface area contributed by atoms with Gasteiger partial charge >= 0.3 is 0 Å². The van der Waals surface area contributed by atoms with Crippen molar-refractivity contribution in [1.82, 2.24) is 15.2 Å². The van der Waals surface area contributed by atoms with Crippen LogP contribution in [0.4, 0.5) is 5.82 Å². The first kappa shape index (κ1) is 13.5. The van der Waals surface area contributed by atoms with E-state index in [9.17, 15) is 0 Å². The fraction of sp³-hybridized carbons (Fsp3) is 0.400. The Labute approximate surface area is 114 Å². The summed E-state index contributed by atoms with van der Waals surface area (Å²) in [4.78, 5) is 4.35. The fourth-order valence-corrected chi connectivity index (χ4v) is 1.90. The molecule has 4 heteroatoms. The molecular formula is C15H20N4. The molecule has 1 heterocycles. The summed E-state index contributed by atoms with van der Waals surface area (Å²) in [6, 6.07) is 8.41. The molecule has 0 aliphatic heterocycles. The number of anilines is 1. The monoisotopic (exact) mass is 256 g/mol. The van der Waals surface area contributed by atoms with Crippen LogP contribution in [-0.4, -0.2) is 22.2 Å². The average Bonchev–Trinajstić information content (AvgIpc) is 2.37. The highest BCUT2D eigenvalue weighted by atomic mass is 15.2. The van der Waals surface area contributed by atoms with Gasteiger partial charge in [-0.1, -0.05) is 45.0 Å². The van der Waals surface area contributed by atoms with Gasteiger partial charge in [-0.15, -0.1) is 10.2 Å². The first-order valence-corrected chi connectivity index (χ1v) is 6.42. The third-order valence-corrected chi connectivity index (χ3v) is 3.05. The molecular weight excluding hydrogens is 236 g/mol. The van der Waals surface area contributed by atoms with Crippen LogP contribution in [0.3, 0.4) is 0 Å². The van der Waals surface area contributed by atoms with Crippen molar-refractivity contribution >= 4 is 5.82 Å². The highest BCUT2D eigenvalue weighted by Gasteiger charge is 2.14. The predicted octanol–water partition coefficient (Wildman–Crippen LogP) is 3.19. The van der Waals surface area contributed by atoms with Crippen LogP contribution in [0.15, 0.2) is 24.3 Å². The molecule has 1 N–H and O–H groups in total. The summed E-state index contributed by atoms with van der Waals surface area (Å²) in [7, 11) is 1.84. The Balaban J connectivity index is 2.43. The van der Waals surface area contributed by atoms with Crippen molar-refractivity contribution < 1.29 is 0 Å². The molecule has 0 bridgehead atoms. The maximum atomic E-state index is 4.35. The van der Waals surface area contributed by atoms with Crippen molar-refractivity contribution in [2.24, 2.45) is 0 Å². The molecule has 2 aromatic rings. The zero-order valence-electron chi connectivity index (χ0n) is 12.2. The fourth-order valence-electron chi connectivity index (χ4n) is 1.90. The Morgan fingerprint density at radius 3 is 2.16 bits per heavy atom. The van der Waals surface area contributed by atoms with Crippen LogP contribution in [0.25, 0.3) is 11.3 Å². The van der Waals surface area contributed by atoms with E-state index >= 15 is 0 Å². The van der Waals surface area contributed by atoms with E-state index in [-0.39, 0.29) is 5.41 Å². The van der Waals surface area contributed by atoms with Gasteiger partial charge in [-0.2, -0.15) is 0 Å². The van der Waals surface area contributed by atoms with Crippen molar-refractivity contribution in [3.8, 4) is 11.3 Å². The highest BCUT2D eigenvalue weighted by Crippen LogP contribution is 2.27. The largest absolute Gasteiger partial charge is 0.371 e. The van der Waals surface area contributed by atoms with Gasteiger partial charge in [0.05, 0.1) is 0 Å². The van der Waals surface area contributed by atoms with Crippen molar-refractivity contribution in [3.05, 3.63) is 35.7 Å². The summed E-state index contributed by atoms with van der Waals surface area (Å²) in [5.74, 6) is 1.43. The Morgan fingerprint density at radius 1 is 1.00 bits per heavy atom. The Morgan fingerprint density at radius 2 is 1.63 bits per heavy atom. The molecule has 0 spiro atoms. The van der Waals surface area contributed by atoms with E-state index in [1.807, 2.05) is 14.0 Å². The number of aryl methyl sites for hydroxylation is 1. The van der Waals surface area contributed by atoms with Gasteiger partial charge in [0.25, 0.3) is 0 Å². The summed E-state index contributed by atoms with van der Waals surface area (Å²) in [5, 5.41) is 11.3. The molecule has 0 saturated heterocycles. The van der Waals surface area contributed by atoms with E-state index in [1.165, 1.54) is 5.56 Å². The van der Waals surface area contributed by atoms with Gasteiger partial charge < -0.3 is 5.32 Å². The Kier molecular flexibility index (Phi) is 3.51. The molecule has 2 rings (SSSR count). The maximum absolute atomic E-state index is 4.35. The third-order valence-electron chi connectivity index (χ3n) is 3.05. The minimum absolute atomic E-state index is 0.154. The minimum Gasteiger partial charge on any atom is -0.371 e. The SMILES string of the molecule is CNc1nc(C)nnc1-c1ccc(C(C)(C)C)cc1. The van der Waals surface area contributed by atoms with Gasteiger partial charge in [0.2, 0.25) is 0 Å². The zero-order valence-corrected chi connectivity index (χ0v) is 12.2. The van der Waals surface area contributed by atoms with Gasteiger partial charge in [-0.25, -0.2) is 4.98 Å².